The monoisotopic (exact) mass is 402 g/mol. The second-order valence-corrected chi connectivity index (χ2v) is 8.38. The number of carbonyl (C=O) groups is 3. The molecule has 3 unspecified atom stereocenters. The van der Waals surface area contributed by atoms with Gasteiger partial charge in [-0.1, -0.05) is 26.2 Å². The van der Waals surface area contributed by atoms with E-state index in [4.69, 9.17) is 5.11 Å². The van der Waals surface area contributed by atoms with Crippen LogP contribution < -0.4 is 0 Å². The molecule has 7 heteroatoms. The minimum Gasteiger partial charge on any atom is -0.479 e. The Bertz CT molecular complexity index is 495. The maximum Gasteiger partial charge on any atom is 0.332 e. The Hall–Kier alpha value is -0.920. The van der Waals surface area contributed by atoms with Gasteiger partial charge in [-0.25, -0.2) is 4.79 Å². The van der Waals surface area contributed by atoms with Crippen molar-refractivity contribution < 1.29 is 29.7 Å². The van der Waals surface area contributed by atoms with E-state index in [0.717, 1.165) is 25.7 Å². The van der Waals surface area contributed by atoms with Gasteiger partial charge in [0.2, 0.25) is 0 Å². The lowest BCUT2D eigenvalue weighted by Gasteiger charge is -2.26. The third-order valence-electron chi connectivity index (χ3n) is 5.47. The summed E-state index contributed by atoms with van der Waals surface area (Å²) >= 11 is 4.63. The second-order valence-electron chi connectivity index (χ2n) is 7.72. The molecule has 0 heterocycles. The van der Waals surface area contributed by atoms with Crippen LogP contribution in [0.5, 0.6) is 0 Å². The van der Waals surface area contributed by atoms with Gasteiger partial charge in [-0.15, -0.1) is 0 Å². The van der Waals surface area contributed by atoms with Crippen molar-refractivity contribution in [1.82, 2.24) is 0 Å². The van der Waals surface area contributed by atoms with Crippen molar-refractivity contribution in [3.63, 3.8) is 0 Å². The van der Waals surface area contributed by atoms with Crippen molar-refractivity contribution >= 4 is 30.2 Å². The third kappa shape index (κ3) is 8.75. The van der Waals surface area contributed by atoms with Gasteiger partial charge in [0.25, 0.3) is 0 Å². The van der Waals surface area contributed by atoms with Gasteiger partial charge in [-0.2, -0.15) is 12.6 Å². The minimum atomic E-state index is -1.45. The number of aliphatic hydroxyl groups excluding tert-OH is 2. The highest BCUT2D eigenvalue weighted by atomic mass is 32.1. The fourth-order valence-electron chi connectivity index (χ4n) is 3.82. The first kappa shape index (κ1) is 24.1. The van der Waals surface area contributed by atoms with Crippen molar-refractivity contribution in [2.24, 2.45) is 11.8 Å². The summed E-state index contributed by atoms with van der Waals surface area (Å²) in [7, 11) is 0. The van der Waals surface area contributed by atoms with Crippen molar-refractivity contribution in [3.8, 4) is 0 Å². The van der Waals surface area contributed by atoms with Crippen LogP contribution in [0.3, 0.4) is 0 Å². The fraction of sp³-hybridized carbons (Fsp3) is 0.850. The predicted molar refractivity (Wildman–Crippen MR) is 106 cm³/mol. The fourth-order valence-corrected chi connectivity index (χ4v) is 4.43. The van der Waals surface area contributed by atoms with E-state index in [-0.39, 0.29) is 47.9 Å². The summed E-state index contributed by atoms with van der Waals surface area (Å²) in [6, 6.07) is 0. The lowest BCUT2D eigenvalue weighted by atomic mass is 9.85. The molecule has 3 N–H and O–H groups in total. The van der Waals surface area contributed by atoms with Crippen LogP contribution in [0.2, 0.25) is 0 Å². The lowest BCUT2D eigenvalue weighted by Crippen LogP contribution is -2.28. The molecule has 1 saturated carbocycles. The van der Waals surface area contributed by atoms with E-state index in [1.54, 1.807) is 0 Å². The third-order valence-corrected chi connectivity index (χ3v) is 6.06. The van der Waals surface area contributed by atoms with Gasteiger partial charge in [0.1, 0.15) is 11.6 Å². The molecule has 1 fully saturated rings. The minimum absolute atomic E-state index is 0.00443. The average molecular weight is 403 g/mol. The molecule has 0 aliphatic heterocycles. The normalized spacial score (nSPS) is 23.2. The van der Waals surface area contributed by atoms with Crippen LogP contribution in [-0.2, 0) is 14.4 Å². The largest absolute Gasteiger partial charge is 0.479 e. The number of aliphatic hydroxyl groups is 2. The van der Waals surface area contributed by atoms with E-state index in [1.807, 2.05) is 0 Å². The topological polar surface area (TPSA) is 112 Å². The quantitative estimate of drug-likeness (QED) is 0.263. The smallest absolute Gasteiger partial charge is 0.332 e. The van der Waals surface area contributed by atoms with Gasteiger partial charge in [0, 0.05) is 30.4 Å². The molecule has 0 aromatic rings. The number of carboxylic acids is 1. The predicted octanol–water partition coefficient (Wildman–Crippen LogP) is 2.79. The second kappa shape index (κ2) is 12.5. The van der Waals surface area contributed by atoms with Crippen molar-refractivity contribution in [1.29, 1.82) is 0 Å². The molecular formula is C20H34O6S. The molecular weight excluding hydrogens is 368 g/mol. The zero-order valence-electron chi connectivity index (χ0n) is 16.2. The van der Waals surface area contributed by atoms with E-state index in [0.29, 0.717) is 25.7 Å². The summed E-state index contributed by atoms with van der Waals surface area (Å²) in [6.45, 7) is 2.11. The molecule has 1 aliphatic carbocycles. The van der Waals surface area contributed by atoms with Crippen LogP contribution in [0.25, 0.3) is 0 Å². The van der Waals surface area contributed by atoms with Crippen LogP contribution in [-0.4, -0.2) is 50.3 Å². The molecule has 0 bridgehead atoms. The lowest BCUT2D eigenvalue weighted by molar-refractivity contribution is -0.147. The Kier molecular flexibility index (Phi) is 11.2. The van der Waals surface area contributed by atoms with Gasteiger partial charge < -0.3 is 15.3 Å². The first-order chi connectivity index (χ1) is 12.8. The molecule has 0 aromatic carbocycles. The highest BCUT2D eigenvalue weighted by Crippen LogP contribution is 2.38. The van der Waals surface area contributed by atoms with Crippen molar-refractivity contribution in [2.75, 3.05) is 0 Å². The Morgan fingerprint density at radius 1 is 1.19 bits per heavy atom. The van der Waals surface area contributed by atoms with Crippen molar-refractivity contribution in [3.05, 3.63) is 0 Å². The molecule has 0 amide bonds. The summed E-state index contributed by atoms with van der Waals surface area (Å²) in [6.07, 6.45) is 4.33. The van der Waals surface area contributed by atoms with Gasteiger partial charge in [-0.3, -0.25) is 9.59 Å². The molecule has 0 spiro atoms. The van der Waals surface area contributed by atoms with Gasteiger partial charge in [-0.05, 0) is 38.0 Å². The van der Waals surface area contributed by atoms with E-state index >= 15 is 0 Å². The van der Waals surface area contributed by atoms with Crippen LogP contribution in [0.15, 0.2) is 0 Å². The van der Waals surface area contributed by atoms with Crippen molar-refractivity contribution in [2.45, 2.75) is 95.0 Å². The summed E-state index contributed by atoms with van der Waals surface area (Å²) in [5, 5.41) is 28.0. The maximum atomic E-state index is 12.2. The molecule has 1 aliphatic rings. The van der Waals surface area contributed by atoms with E-state index in [9.17, 15) is 24.6 Å². The van der Waals surface area contributed by atoms with E-state index in [2.05, 4.69) is 19.6 Å². The van der Waals surface area contributed by atoms with Crippen LogP contribution in [0.4, 0.5) is 0 Å². The highest BCUT2D eigenvalue weighted by molar-refractivity contribution is 7.81. The van der Waals surface area contributed by atoms with E-state index in [1.165, 1.54) is 0 Å². The highest BCUT2D eigenvalue weighted by Gasteiger charge is 2.39. The number of rotatable bonds is 14. The number of aliphatic carboxylic acids is 1. The first-order valence-electron chi connectivity index (χ1n) is 10.1. The van der Waals surface area contributed by atoms with E-state index < -0.39 is 18.2 Å². The SMILES string of the molecule is CCCCCC(O)CC(S)[C@H]1CCC(=O)[C@@H]1CC(=O)CCCC(O)C(=O)O. The van der Waals surface area contributed by atoms with Crippen LogP contribution in [0.1, 0.15) is 77.6 Å². The number of carboxylic acid groups (broad SMARTS) is 1. The Morgan fingerprint density at radius 3 is 2.52 bits per heavy atom. The summed E-state index contributed by atoms with van der Waals surface area (Å²) in [5.41, 5.74) is 0. The summed E-state index contributed by atoms with van der Waals surface area (Å²) in [5.74, 6) is -1.65. The number of Topliss-reactive ketones (excluding diaryl/α,β-unsaturated/α-hetero) is 2. The number of unbranched alkanes of at least 4 members (excludes halogenated alkanes) is 2. The number of ketones is 2. The van der Waals surface area contributed by atoms with Crippen LogP contribution in [0, 0.1) is 11.8 Å². The zero-order chi connectivity index (χ0) is 20.4. The molecule has 0 radical (unpaired) electrons. The first-order valence-corrected chi connectivity index (χ1v) is 10.6. The number of thiol groups is 1. The molecule has 0 saturated heterocycles. The van der Waals surface area contributed by atoms with Gasteiger partial charge >= 0.3 is 5.97 Å². The maximum absolute atomic E-state index is 12.2. The van der Waals surface area contributed by atoms with Crippen LogP contribution >= 0.6 is 12.6 Å². The average Bonchev–Trinajstić information content (AvgIpc) is 2.95. The zero-order valence-corrected chi connectivity index (χ0v) is 17.1. The molecule has 0 aromatic heterocycles. The Morgan fingerprint density at radius 2 is 1.89 bits per heavy atom. The number of hydrogen-bond acceptors (Lipinski definition) is 6. The molecule has 6 nitrogen and oxygen atoms in total. The summed E-state index contributed by atoms with van der Waals surface area (Å²) < 4.78 is 0. The number of hydrogen-bond donors (Lipinski definition) is 4. The Balaban J connectivity index is 2.46. The summed E-state index contributed by atoms with van der Waals surface area (Å²) in [4.78, 5) is 35.0. The van der Waals surface area contributed by atoms with Gasteiger partial charge in [0.05, 0.1) is 6.10 Å². The molecule has 5 atom stereocenters. The molecule has 27 heavy (non-hydrogen) atoms. The standard InChI is InChI=1S/C20H34O6S/c1-2-3-4-6-14(22)12-19(27)15-9-10-17(23)16(15)11-13(21)7-5-8-18(24)20(25)26/h14-16,18-19,22,24,27H,2-12H2,1H3,(H,25,26)/t14?,15-,16+,18?,19?/m0/s1. The molecule has 1 rings (SSSR count). The van der Waals surface area contributed by atoms with Gasteiger partial charge in [0.15, 0.2) is 6.10 Å². The molecule has 156 valence electrons. The Labute approximate surface area is 167 Å². The number of carbonyl (C=O) groups excluding carboxylic acids is 2.